The highest BCUT2D eigenvalue weighted by Gasteiger charge is 2.39. The first-order valence-electron chi connectivity index (χ1n) is 9.35. The second kappa shape index (κ2) is 8.34. The van der Waals surface area contributed by atoms with Crippen molar-refractivity contribution in [2.75, 3.05) is 18.5 Å². The van der Waals surface area contributed by atoms with E-state index in [4.69, 9.17) is 4.74 Å². The number of aryl methyl sites for hydroxylation is 1. The summed E-state index contributed by atoms with van der Waals surface area (Å²) in [6, 6.07) is 7.67. The predicted molar refractivity (Wildman–Crippen MR) is 97.5 cm³/mol. The van der Waals surface area contributed by atoms with Gasteiger partial charge in [0.25, 0.3) is 5.91 Å². The minimum Gasteiger partial charge on any atom is -0.455 e. The van der Waals surface area contributed by atoms with Crippen molar-refractivity contribution in [1.82, 2.24) is 4.90 Å². The van der Waals surface area contributed by atoms with Crippen molar-refractivity contribution in [2.45, 2.75) is 51.5 Å². The van der Waals surface area contributed by atoms with E-state index in [2.05, 4.69) is 5.32 Å². The van der Waals surface area contributed by atoms with E-state index in [9.17, 15) is 14.4 Å². The molecule has 1 aliphatic carbocycles. The lowest BCUT2D eigenvalue weighted by atomic mass is 9.94. The van der Waals surface area contributed by atoms with Crippen LogP contribution in [0.1, 0.15) is 44.1 Å². The minimum absolute atomic E-state index is 0.0306. The normalized spacial score (nSPS) is 20.9. The van der Waals surface area contributed by atoms with Crippen LogP contribution < -0.4 is 5.32 Å². The average molecular weight is 358 g/mol. The van der Waals surface area contributed by atoms with Crippen LogP contribution in [-0.2, 0) is 19.1 Å². The van der Waals surface area contributed by atoms with Crippen LogP contribution in [0.15, 0.2) is 24.3 Å². The molecule has 1 aromatic rings. The number of hydrogen-bond donors (Lipinski definition) is 1. The Morgan fingerprint density at radius 1 is 1.23 bits per heavy atom. The maximum atomic E-state index is 12.2. The fourth-order valence-electron chi connectivity index (χ4n) is 3.81. The molecule has 1 heterocycles. The highest BCUT2D eigenvalue weighted by molar-refractivity contribution is 5.93. The smallest absolute Gasteiger partial charge is 0.311 e. The van der Waals surface area contributed by atoms with E-state index in [1.165, 1.54) is 6.42 Å². The van der Waals surface area contributed by atoms with Gasteiger partial charge >= 0.3 is 5.97 Å². The first-order valence-corrected chi connectivity index (χ1v) is 9.35. The Kier molecular flexibility index (Phi) is 5.91. The summed E-state index contributed by atoms with van der Waals surface area (Å²) in [7, 11) is 0. The topological polar surface area (TPSA) is 75.7 Å². The standard InChI is InChI=1S/C20H26N2O4/c1-14-6-5-7-16(10-14)21-18(23)13-26-20(25)15-11-19(24)22(12-15)17-8-3-2-4-9-17/h5-7,10,15,17H,2-4,8-9,11-13H2,1H3,(H,21,23)/t15-/m0/s1. The molecule has 1 aromatic carbocycles. The largest absolute Gasteiger partial charge is 0.455 e. The molecule has 2 fully saturated rings. The van der Waals surface area contributed by atoms with E-state index in [1.807, 2.05) is 30.0 Å². The Balaban J connectivity index is 1.46. The molecule has 0 unspecified atom stereocenters. The number of carbonyl (C=O) groups is 3. The molecule has 6 nitrogen and oxygen atoms in total. The summed E-state index contributed by atoms with van der Waals surface area (Å²) in [6.45, 7) is 2.02. The van der Waals surface area contributed by atoms with Crippen LogP contribution in [0, 0.1) is 12.8 Å². The van der Waals surface area contributed by atoms with Crippen LogP contribution in [0.2, 0.25) is 0 Å². The van der Waals surface area contributed by atoms with Gasteiger partial charge in [-0.3, -0.25) is 14.4 Å². The van der Waals surface area contributed by atoms with E-state index >= 15 is 0 Å². The van der Waals surface area contributed by atoms with Crippen molar-refractivity contribution in [3.05, 3.63) is 29.8 Å². The number of hydrogen-bond acceptors (Lipinski definition) is 4. The van der Waals surface area contributed by atoms with Gasteiger partial charge in [0.05, 0.1) is 5.92 Å². The quantitative estimate of drug-likeness (QED) is 0.821. The molecule has 1 saturated heterocycles. The molecule has 140 valence electrons. The molecule has 0 radical (unpaired) electrons. The third-order valence-electron chi connectivity index (χ3n) is 5.15. The van der Waals surface area contributed by atoms with Crippen molar-refractivity contribution in [3.63, 3.8) is 0 Å². The lowest BCUT2D eigenvalue weighted by Gasteiger charge is -2.31. The Morgan fingerprint density at radius 2 is 2.00 bits per heavy atom. The average Bonchev–Trinajstić information content (AvgIpc) is 3.02. The summed E-state index contributed by atoms with van der Waals surface area (Å²) in [4.78, 5) is 38.3. The van der Waals surface area contributed by atoms with Crippen LogP contribution in [0.5, 0.6) is 0 Å². The molecule has 3 rings (SSSR count). The van der Waals surface area contributed by atoms with E-state index in [1.54, 1.807) is 6.07 Å². The zero-order valence-electron chi connectivity index (χ0n) is 15.2. The van der Waals surface area contributed by atoms with Crippen molar-refractivity contribution >= 4 is 23.5 Å². The Labute approximate surface area is 153 Å². The van der Waals surface area contributed by atoms with E-state index in [0.29, 0.717) is 12.2 Å². The van der Waals surface area contributed by atoms with Gasteiger partial charge in [-0.2, -0.15) is 0 Å². The van der Waals surface area contributed by atoms with Crippen molar-refractivity contribution in [2.24, 2.45) is 5.92 Å². The molecular formula is C20H26N2O4. The van der Waals surface area contributed by atoms with Gasteiger partial charge in [-0.15, -0.1) is 0 Å². The number of carbonyl (C=O) groups excluding carboxylic acids is 3. The van der Waals surface area contributed by atoms with Crippen molar-refractivity contribution in [3.8, 4) is 0 Å². The van der Waals surface area contributed by atoms with Crippen molar-refractivity contribution in [1.29, 1.82) is 0 Å². The lowest BCUT2D eigenvalue weighted by Crippen LogP contribution is -2.38. The van der Waals surface area contributed by atoms with Gasteiger partial charge < -0.3 is 15.0 Å². The van der Waals surface area contributed by atoms with Gasteiger partial charge in [0, 0.05) is 24.7 Å². The molecule has 1 aliphatic heterocycles. The van der Waals surface area contributed by atoms with E-state index in [0.717, 1.165) is 31.2 Å². The molecule has 2 amide bonds. The number of benzene rings is 1. The van der Waals surface area contributed by atoms with Gasteiger partial charge in [-0.05, 0) is 37.5 Å². The van der Waals surface area contributed by atoms with E-state index in [-0.39, 0.29) is 30.9 Å². The first kappa shape index (κ1) is 18.4. The summed E-state index contributed by atoms with van der Waals surface area (Å²) < 4.78 is 5.14. The highest BCUT2D eigenvalue weighted by Crippen LogP contribution is 2.29. The second-order valence-electron chi connectivity index (χ2n) is 7.26. The molecule has 2 aliphatic rings. The zero-order chi connectivity index (χ0) is 18.5. The molecule has 0 bridgehead atoms. The molecule has 6 heteroatoms. The monoisotopic (exact) mass is 358 g/mol. The van der Waals surface area contributed by atoms with Gasteiger partial charge in [-0.1, -0.05) is 31.4 Å². The molecule has 0 aromatic heterocycles. The Bertz CT molecular complexity index is 682. The molecule has 1 N–H and O–H groups in total. The molecule has 0 spiro atoms. The summed E-state index contributed by atoms with van der Waals surface area (Å²) in [5.74, 6) is -1.27. The number of nitrogens with one attached hydrogen (secondary N) is 1. The van der Waals surface area contributed by atoms with Crippen LogP contribution >= 0.6 is 0 Å². The number of amides is 2. The molecule has 26 heavy (non-hydrogen) atoms. The lowest BCUT2D eigenvalue weighted by molar-refractivity contribution is -0.151. The summed E-state index contributed by atoms with van der Waals surface area (Å²) in [5.41, 5.74) is 1.71. The third-order valence-corrected chi connectivity index (χ3v) is 5.15. The Morgan fingerprint density at radius 3 is 2.73 bits per heavy atom. The van der Waals surface area contributed by atoms with E-state index < -0.39 is 11.9 Å². The first-order chi connectivity index (χ1) is 12.5. The predicted octanol–water partition coefficient (Wildman–Crippen LogP) is 2.66. The fourth-order valence-corrected chi connectivity index (χ4v) is 3.81. The van der Waals surface area contributed by atoms with Gasteiger partial charge in [0.1, 0.15) is 0 Å². The zero-order valence-corrected chi connectivity index (χ0v) is 15.2. The molecular weight excluding hydrogens is 332 g/mol. The number of anilines is 1. The number of rotatable bonds is 5. The minimum atomic E-state index is -0.462. The van der Waals surface area contributed by atoms with Gasteiger partial charge in [-0.25, -0.2) is 0 Å². The molecule has 1 atom stereocenters. The Hall–Kier alpha value is -2.37. The van der Waals surface area contributed by atoms with Gasteiger partial charge in [0.15, 0.2) is 6.61 Å². The number of esters is 1. The number of likely N-dealkylation sites (tertiary alicyclic amines) is 1. The maximum absolute atomic E-state index is 12.2. The third kappa shape index (κ3) is 4.62. The fraction of sp³-hybridized carbons (Fsp3) is 0.550. The number of ether oxygens (including phenoxy) is 1. The number of nitrogens with zero attached hydrogens (tertiary/aromatic N) is 1. The summed E-state index contributed by atoms with van der Waals surface area (Å²) in [6.07, 6.45) is 5.74. The summed E-state index contributed by atoms with van der Waals surface area (Å²) >= 11 is 0. The maximum Gasteiger partial charge on any atom is 0.311 e. The molecule has 1 saturated carbocycles. The SMILES string of the molecule is Cc1cccc(NC(=O)COC(=O)[C@H]2CC(=O)N(C3CCCCC3)C2)c1. The summed E-state index contributed by atoms with van der Waals surface area (Å²) in [5, 5.41) is 2.70. The van der Waals surface area contributed by atoms with Crippen LogP contribution in [0.4, 0.5) is 5.69 Å². The highest BCUT2D eigenvalue weighted by atomic mass is 16.5. The van der Waals surface area contributed by atoms with Crippen LogP contribution in [0.3, 0.4) is 0 Å². The van der Waals surface area contributed by atoms with Gasteiger partial charge in [0.2, 0.25) is 5.91 Å². The van der Waals surface area contributed by atoms with Crippen LogP contribution in [-0.4, -0.2) is 41.9 Å². The van der Waals surface area contributed by atoms with Crippen molar-refractivity contribution < 1.29 is 19.1 Å². The second-order valence-corrected chi connectivity index (χ2v) is 7.26. The van der Waals surface area contributed by atoms with Crippen LogP contribution in [0.25, 0.3) is 0 Å².